The zero-order valence-corrected chi connectivity index (χ0v) is 19.9. The molecule has 1 aromatic rings. The second-order valence-corrected chi connectivity index (χ2v) is 7.66. The zero-order chi connectivity index (χ0) is 18.6. The molecular formula is C19H35IN4O2S. The fourth-order valence-corrected chi connectivity index (χ4v) is 4.44. The number of guanidine groups is 1. The van der Waals surface area contributed by atoms with E-state index >= 15 is 0 Å². The van der Waals surface area contributed by atoms with Crippen LogP contribution in [-0.2, 0) is 9.47 Å². The predicted octanol–water partition coefficient (Wildman–Crippen LogP) is 2.97. The third kappa shape index (κ3) is 8.64. The molecule has 1 aliphatic heterocycles. The van der Waals surface area contributed by atoms with Gasteiger partial charge in [0.2, 0.25) is 0 Å². The summed E-state index contributed by atoms with van der Waals surface area (Å²) in [5, 5.41) is 9.07. The van der Waals surface area contributed by atoms with E-state index in [1.165, 1.54) is 24.3 Å². The van der Waals surface area contributed by atoms with Crippen molar-refractivity contribution in [3.05, 3.63) is 22.4 Å². The molecule has 0 saturated carbocycles. The van der Waals surface area contributed by atoms with Crippen LogP contribution in [0.25, 0.3) is 0 Å². The number of rotatable bonds is 10. The molecule has 27 heavy (non-hydrogen) atoms. The number of hydrogen-bond acceptors (Lipinski definition) is 5. The molecule has 8 heteroatoms. The van der Waals surface area contributed by atoms with Gasteiger partial charge in [-0.3, -0.25) is 9.89 Å². The number of nitrogens with zero attached hydrogens (tertiary/aromatic N) is 2. The van der Waals surface area contributed by atoms with E-state index < -0.39 is 0 Å². The van der Waals surface area contributed by atoms with Crippen LogP contribution in [0.1, 0.15) is 30.2 Å². The topological polar surface area (TPSA) is 58.1 Å². The first-order chi connectivity index (χ1) is 12.8. The molecule has 1 aromatic heterocycles. The van der Waals surface area contributed by atoms with E-state index in [9.17, 15) is 0 Å². The van der Waals surface area contributed by atoms with Crippen molar-refractivity contribution in [2.75, 3.05) is 60.7 Å². The molecule has 6 nitrogen and oxygen atoms in total. The van der Waals surface area contributed by atoms with Gasteiger partial charge in [-0.2, -0.15) is 0 Å². The van der Waals surface area contributed by atoms with E-state index in [1.54, 1.807) is 7.11 Å². The molecule has 2 atom stereocenters. The molecule has 0 bridgehead atoms. The highest BCUT2D eigenvalue weighted by molar-refractivity contribution is 14.0. The number of likely N-dealkylation sites (tertiary alicyclic amines) is 1. The molecule has 1 fully saturated rings. The summed E-state index contributed by atoms with van der Waals surface area (Å²) in [6.45, 7) is 5.01. The summed E-state index contributed by atoms with van der Waals surface area (Å²) in [6.07, 6.45) is 3.47. The molecule has 0 aliphatic carbocycles. The van der Waals surface area contributed by atoms with Gasteiger partial charge in [-0.1, -0.05) is 6.07 Å². The number of halogens is 1. The highest BCUT2D eigenvalue weighted by Gasteiger charge is 2.31. The lowest BCUT2D eigenvalue weighted by molar-refractivity contribution is 0.0698. The lowest BCUT2D eigenvalue weighted by Gasteiger charge is -2.39. The van der Waals surface area contributed by atoms with Crippen LogP contribution in [0.2, 0.25) is 0 Å². The maximum Gasteiger partial charge on any atom is 0.190 e. The number of aliphatic imine (C=N–C) groups is 1. The number of methoxy groups -OCH3 is 1. The maximum atomic E-state index is 5.48. The van der Waals surface area contributed by atoms with E-state index in [0.29, 0.717) is 25.2 Å². The fourth-order valence-electron chi connectivity index (χ4n) is 3.46. The first-order valence-electron chi connectivity index (χ1n) is 9.51. The molecule has 0 radical (unpaired) electrons. The van der Waals surface area contributed by atoms with Gasteiger partial charge in [-0.25, -0.2) is 0 Å². The Morgan fingerprint density at radius 3 is 2.89 bits per heavy atom. The molecule has 2 unspecified atom stereocenters. The molecule has 0 aromatic carbocycles. The Bertz CT molecular complexity index is 516. The quantitative estimate of drug-likeness (QED) is 0.220. The molecule has 2 heterocycles. The van der Waals surface area contributed by atoms with Crippen molar-refractivity contribution in [3.63, 3.8) is 0 Å². The van der Waals surface area contributed by atoms with Gasteiger partial charge in [-0.05, 0) is 50.2 Å². The standard InChI is InChI=1S/C19H34N4O2S.HI/c1-20-19(21-9-6-11-25-13-12-24-3)22-15-16-7-4-10-23(2)18(16)17-8-5-14-26-17;/h5,8,14,16,18H,4,6-7,9-13,15H2,1-3H3,(H2,20,21,22);1H. The summed E-state index contributed by atoms with van der Waals surface area (Å²) in [6, 6.07) is 4.92. The van der Waals surface area contributed by atoms with Gasteiger partial charge in [0.1, 0.15) is 0 Å². The number of hydrogen-bond donors (Lipinski definition) is 2. The van der Waals surface area contributed by atoms with Crippen molar-refractivity contribution in [2.24, 2.45) is 10.9 Å². The Morgan fingerprint density at radius 1 is 1.33 bits per heavy atom. The third-order valence-corrected chi connectivity index (χ3v) is 5.73. The number of nitrogens with one attached hydrogen (secondary N) is 2. The predicted molar refractivity (Wildman–Crippen MR) is 125 cm³/mol. The first-order valence-corrected chi connectivity index (χ1v) is 10.4. The van der Waals surface area contributed by atoms with E-state index in [2.05, 4.69) is 45.1 Å². The average molecular weight is 510 g/mol. The van der Waals surface area contributed by atoms with Gasteiger partial charge in [0.25, 0.3) is 0 Å². The van der Waals surface area contributed by atoms with Gasteiger partial charge < -0.3 is 20.1 Å². The van der Waals surface area contributed by atoms with Gasteiger partial charge in [0, 0.05) is 44.8 Å². The normalized spacial score (nSPS) is 20.9. The molecule has 0 amide bonds. The summed E-state index contributed by atoms with van der Waals surface area (Å²) < 4.78 is 10.4. The van der Waals surface area contributed by atoms with E-state index in [0.717, 1.165) is 32.1 Å². The maximum absolute atomic E-state index is 5.48. The molecule has 2 rings (SSSR count). The monoisotopic (exact) mass is 510 g/mol. The van der Waals surface area contributed by atoms with Crippen LogP contribution in [0.3, 0.4) is 0 Å². The summed E-state index contributed by atoms with van der Waals surface area (Å²) >= 11 is 1.86. The number of ether oxygens (including phenoxy) is 2. The van der Waals surface area contributed by atoms with Crippen molar-refractivity contribution < 1.29 is 9.47 Å². The zero-order valence-electron chi connectivity index (χ0n) is 16.8. The lowest BCUT2D eigenvalue weighted by Crippen LogP contribution is -2.45. The Hall–Kier alpha value is -0.420. The minimum absolute atomic E-state index is 0. The average Bonchev–Trinajstić information content (AvgIpc) is 3.17. The minimum atomic E-state index is 0. The minimum Gasteiger partial charge on any atom is -0.382 e. The Morgan fingerprint density at radius 2 is 2.19 bits per heavy atom. The fraction of sp³-hybridized carbons (Fsp3) is 0.737. The van der Waals surface area contributed by atoms with Crippen molar-refractivity contribution >= 4 is 41.3 Å². The van der Waals surface area contributed by atoms with Gasteiger partial charge in [0.05, 0.1) is 13.2 Å². The summed E-state index contributed by atoms with van der Waals surface area (Å²) in [5.74, 6) is 1.48. The lowest BCUT2D eigenvalue weighted by atomic mass is 9.88. The summed E-state index contributed by atoms with van der Waals surface area (Å²) in [5.41, 5.74) is 0. The molecular weight excluding hydrogens is 475 g/mol. The van der Waals surface area contributed by atoms with Crippen molar-refractivity contribution in [3.8, 4) is 0 Å². The van der Waals surface area contributed by atoms with E-state index in [1.807, 2.05) is 18.4 Å². The largest absolute Gasteiger partial charge is 0.382 e. The van der Waals surface area contributed by atoms with E-state index in [4.69, 9.17) is 9.47 Å². The third-order valence-electron chi connectivity index (χ3n) is 4.79. The van der Waals surface area contributed by atoms with Crippen LogP contribution in [0.4, 0.5) is 0 Å². The summed E-state index contributed by atoms with van der Waals surface area (Å²) in [7, 11) is 5.76. The second kappa shape index (κ2) is 14.6. The van der Waals surface area contributed by atoms with Crippen LogP contribution in [0.5, 0.6) is 0 Å². The Balaban J connectivity index is 0.00000364. The van der Waals surface area contributed by atoms with Gasteiger partial charge in [-0.15, -0.1) is 35.3 Å². The van der Waals surface area contributed by atoms with Gasteiger partial charge >= 0.3 is 0 Å². The highest BCUT2D eigenvalue weighted by atomic mass is 127. The molecule has 2 N–H and O–H groups in total. The van der Waals surface area contributed by atoms with Crippen LogP contribution in [0.15, 0.2) is 22.5 Å². The van der Waals surface area contributed by atoms with Crippen LogP contribution in [-0.4, -0.2) is 71.5 Å². The summed E-state index contributed by atoms with van der Waals surface area (Å²) in [4.78, 5) is 8.31. The second-order valence-electron chi connectivity index (χ2n) is 6.68. The molecule has 0 spiro atoms. The van der Waals surface area contributed by atoms with Crippen LogP contribution < -0.4 is 10.6 Å². The smallest absolute Gasteiger partial charge is 0.190 e. The van der Waals surface area contributed by atoms with Crippen molar-refractivity contribution in [1.29, 1.82) is 0 Å². The molecule has 1 saturated heterocycles. The van der Waals surface area contributed by atoms with Crippen LogP contribution >= 0.6 is 35.3 Å². The Labute approximate surface area is 185 Å². The van der Waals surface area contributed by atoms with Crippen molar-refractivity contribution in [1.82, 2.24) is 15.5 Å². The van der Waals surface area contributed by atoms with Gasteiger partial charge in [0.15, 0.2) is 5.96 Å². The Kier molecular flexibility index (Phi) is 13.3. The van der Waals surface area contributed by atoms with Crippen molar-refractivity contribution in [2.45, 2.75) is 25.3 Å². The number of piperidine rings is 1. The van der Waals surface area contributed by atoms with Crippen LogP contribution in [0, 0.1) is 5.92 Å². The van der Waals surface area contributed by atoms with E-state index in [-0.39, 0.29) is 24.0 Å². The molecule has 156 valence electrons. The molecule has 1 aliphatic rings. The first kappa shape index (κ1) is 24.6. The highest BCUT2D eigenvalue weighted by Crippen LogP contribution is 2.36. The number of thiophene rings is 1. The SMILES string of the molecule is CN=C(NCCCOCCOC)NCC1CCCN(C)C1c1cccs1.I.